The highest BCUT2D eigenvalue weighted by Gasteiger charge is 2.49. The van der Waals surface area contributed by atoms with E-state index in [1.54, 1.807) is 91.0 Å². The first kappa shape index (κ1) is 23.5. The van der Waals surface area contributed by atoms with Gasteiger partial charge >= 0.3 is 17.9 Å². The molecule has 34 heavy (non-hydrogen) atoms. The van der Waals surface area contributed by atoms with Crippen molar-refractivity contribution in [2.45, 2.75) is 23.9 Å². The molecular formula is C26H21ClO7. The summed E-state index contributed by atoms with van der Waals surface area (Å²) in [5.74, 6) is -1.88. The first-order chi connectivity index (χ1) is 16.5. The first-order valence-corrected chi connectivity index (χ1v) is 11.0. The Bertz CT molecular complexity index is 1120. The van der Waals surface area contributed by atoms with Gasteiger partial charge in [0.2, 0.25) is 0 Å². The van der Waals surface area contributed by atoms with Gasteiger partial charge in [-0.2, -0.15) is 0 Å². The molecule has 0 amide bonds. The van der Waals surface area contributed by atoms with E-state index in [0.717, 1.165) is 0 Å². The molecule has 1 aliphatic rings. The lowest BCUT2D eigenvalue weighted by atomic mass is 10.1. The van der Waals surface area contributed by atoms with Crippen molar-refractivity contribution in [3.05, 3.63) is 108 Å². The summed E-state index contributed by atoms with van der Waals surface area (Å²) >= 11 is 6.33. The van der Waals surface area contributed by atoms with Crippen molar-refractivity contribution < 1.29 is 33.3 Å². The third kappa shape index (κ3) is 5.62. The molecule has 3 aromatic rings. The fourth-order valence-electron chi connectivity index (χ4n) is 3.43. The minimum Gasteiger partial charge on any atom is -0.459 e. The zero-order valence-electron chi connectivity index (χ0n) is 17.9. The van der Waals surface area contributed by atoms with Crippen molar-refractivity contribution in [2.75, 3.05) is 6.61 Å². The van der Waals surface area contributed by atoms with Gasteiger partial charge in [-0.05, 0) is 36.4 Å². The zero-order valence-corrected chi connectivity index (χ0v) is 18.7. The monoisotopic (exact) mass is 480 g/mol. The zero-order chi connectivity index (χ0) is 23.9. The predicted molar refractivity (Wildman–Crippen MR) is 123 cm³/mol. The molecule has 1 fully saturated rings. The molecule has 7 nitrogen and oxygen atoms in total. The fourth-order valence-corrected chi connectivity index (χ4v) is 3.75. The summed E-state index contributed by atoms with van der Waals surface area (Å²) < 4.78 is 22.3. The van der Waals surface area contributed by atoms with E-state index in [2.05, 4.69) is 0 Å². The van der Waals surface area contributed by atoms with Crippen molar-refractivity contribution in [1.82, 2.24) is 0 Å². The van der Waals surface area contributed by atoms with Gasteiger partial charge in [-0.1, -0.05) is 66.2 Å². The standard InChI is InChI=1S/C26H21ClO7/c27-23-22(34-26(30)19-14-8-3-9-15-19)21(33-25(29)18-12-6-2-7-13-18)20(32-23)16-31-24(28)17-10-4-1-5-11-17/h1-15,20-23H,16H2/t20-,21+,22-,23+/m0/s1. The van der Waals surface area contributed by atoms with Crippen molar-refractivity contribution in [3.63, 3.8) is 0 Å². The Morgan fingerprint density at radius 3 is 1.53 bits per heavy atom. The van der Waals surface area contributed by atoms with Crippen LogP contribution in [0.2, 0.25) is 0 Å². The summed E-state index contributed by atoms with van der Waals surface area (Å²) in [6.07, 6.45) is -3.18. The molecule has 4 atom stereocenters. The molecule has 0 unspecified atom stereocenters. The van der Waals surface area contributed by atoms with Crippen LogP contribution in [-0.2, 0) is 18.9 Å². The van der Waals surface area contributed by atoms with E-state index in [-0.39, 0.29) is 6.61 Å². The number of benzene rings is 3. The molecule has 0 saturated carbocycles. The predicted octanol–water partition coefficient (Wildman–Crippen LogP) is 4.26. The molecule has 0 N–H and O–H groups in total. The lowest BCUT2D eigenvalue weighted by Crippen LogP contribution is -2.41. The number of alkyl halides is 1. The average molecular weight is 481 g/mol. The van der Waals surface area contributed by atoms with Crippen LogP contribution < -0.4 is 0 Å². The summed E-state index contributed by atoms with van der Waals surface area (Å²) in [7, 11) is 0. The van der Waals surface area contributed by atoms with Crippen molar-refractivity contribution >= 4 is 29.5 Å². The first-order valence-electron chi connectivity index (χ1n) is 10.6. The molecule has 4 rings (SSSR count). The van der Waals surface area contributed by atoms with Crippen molar-refractivity contribution in [3.8, 4) is 0 Å². The van der Waals surface area contributed by atoms with E-state index in [9.17, 15) is 14.4 Å². The van der Waals surface area contributed by atoms with Gasteiger partial charge in [0.1, 0.15) is 12.7 Å². The maximum atomic E-state index is 12.7. The topological polar surface area (TPSA) is 88.1 Å². The molecule has 3 aromatic carbocycles. The third-order valence-corrected chi connectivity index (χ3v) is 5.50. The SMILES string of the molecule is O=C(OC[C@@H]1O[C@@H](Cl)[C@@H](OC(=O)c2ccccc2)[C@@H]1OC(=O)c1ccccc1)c1ccccc1. The fraction of sp³-hybridized carbons (Fsp3) is 0.192. The lowest BCUT2D eigenvalue weighted by molar-refractivity contribution is -0.0435. The van der Waals surface area contributed by atoms with E-state index >= 15 is 0 Å². The maximum Gasteiger partial charge on any atom is 0.338 e. The number of hydrogen-bond donors (Lipinski definition) is 0. The Balaban J connectivity index is 1.51. The Labute approximate surface area is 201 Å². The highest BCUT2D eigenvalue weighted by molar-refractivity contribution is 6.20. The van der Waals surface area contributed by atoms with Gasteiger partial charge in [-0.15, -0.1) is 0 Å². The van der Waals surface area contributed by atoms with Crippen LogP contribution in [0.3, 0.4) is 0 Å². The second-order valence-electron chi connectivity index (χ2n) is 7.46. The Morgan fingerprint density at radius 2 is 1.06 bits per heavy atom. The van der Waals surface area contributed by atoms with E-state index in [4.69, 9.17) is 30.5 Å². The molecule has 174 valence electrons. The van der Waals surface area contributed by atoms with Crippen LogP contribution in [0.25, 0.3) is 0 Å². The molecule has 0 radical (unpaired) electrons. The highest BCUT2D eigenvalue weighted by atomic mass is 35.5. The number of hydrogen-bond acceptors (Lipinski definition) is 7. The smallest absolute Gasteiger partial charge is 0.338 e. The summed E-state index contributed by atoms with van der Waals surface area (Å²) in [5, 5.41) is 0. The number of esters is 3. The largest absolute Gasteiger partial charge is 0.459 e. The van der Waals surface area contributed by atoms with Crippen LogP contribution in [0, 0.1) is 0 Å². The molecule has 1 aliphatic heterocycles. The summed E-state index contributed by atoms with van der Waals surface area (Å²) in [6, 6.07) is 25.1. The quantitative estimate of drug-likeness (QED) is 0.283. The number of ether oxygens (including phenoxy) is 4. The van der Waals surface area contributed by atoms with Gasteiger partial charge in [0.05, 0.1) is 16.7 Å². The molecule has 0 aliphatic carbocycles. The number of carbonyl (C=O) groups excluding carboxylic acids is 3. The highest BCUT2D eigenvalue weighted by Crippen LogP contribution is 2.31. The van der Waals surface area contributed by atoms with Crippen LogP contribution in [-0.4, -0.2) is 48.4 Å². The second kappa shape index (κ2) is 11.0. The normalized spacial score (nSPS) is 21.4. The summed E-state index contributed by atoms with van der Waals surface area (Å²) in [4.78, 5) is 37.8. The van der Waals surface area contributed by atoms with Crippen molar-refractivity contribution in [2.24, 2.45) is 0 Å². The number of halogens is 1. The van der Waals surface area contributed by atoms with E-state index < -0.39 is 41.8 Å². The van der Waals surface area contributed by atoms with Gasteiger partial charge in [0.25, 0.3) is 0 Å². The molecule has 1 heterocycles. The number of carbonyl (C=O) groups is 3. The Kier molecular flexibility index (Phi) is 7.57. The van der Waals surface area contributed by atoms with Gasteiger partial charge in [0.15, 0.2) is 17.8 Å². The van der Waals surface area contributed by atoms with Crippen LogP contribution in [0.15, 0.2) is 91.0 Å². The molecular weight excluding hydrogens is 460 g/mol. The second-order valence-corrected chi connectivity index (χ2v) is 7.89. The minimum atomic E-state index is -1.12. The lowest BCUT2D eigenvalue weighted by Gasteiger charge is -2.23. The van der Waals surface area contributed by atoms with Crippen LogP contribution in [0.5, 0.6) is 0 Å². The molecule has 0 aromatic heterocycles. The van der Waals surface area contributed by atoms with Crippen LogP contribution in [0.1, 0.15) is 31.1 Å². The van der Waals surface area contributed by atoms with Crippen molar-refractivity contribution in [1.29, 1.82) is 0 Å². The van der Waals surface area contributed by atoms with Gasteiger partial charge in [-0.3, -0.25) is 0 Å². The molecule has 0 bridgehead atoms. The number of rotatable bonds is 7. The minimum absolute atomic E-state index is 0.261. The third-order valence-electron chi connectivity index (χ3n) is 5.15. The summed E-state index contributed by atoms with van der Waals surface area (Å²) in [5.41, 5.74) is -0.165. The molecule has 0 spiro atoms. The summed E-state index contributed by atoms with van der Waals surface area (Å²) in [6.45, 7) is -0.261. The maximum absolute atomic E-state index is 12.7. The average Bonchev–Trinajstić information content (AvgIpc) is 3.17. The Morgan fingerprint density at radius 1 is 0.647 bits per heavy atom. The molecule has 8 heteroatoms. The van der Waals surface area contributed by atoms with Gasteiger partial charge < -0.3 is 18.9 Å². The Hall–Kier alpha value is -3.68. The van der Waals surface area contributed by atoms with E-state index in [1.165, 1.54) is 0 Å². The van der Waals surface area contributed by atoms with E-state index in [0.29, 0.717) is 16.7 Å². The van der Waals surface area contributed by atoms with Gasteiger partial charge in [0, 0.05) is 0 Å². The van der Waals surface area contributed by atoms with Crippen LogP contribution in [0.4, 0.5) is 0 Å². The van der Waals surface area contributed by atoms with E-state index in [1.807, 2.05) is 0 Å². The van der Waals surface area contributed by atoms with Gasteiger partial charge in [-0.25, -0.2) is 14.4 Å². The van der Waals surface area contributed by atoms with Crippen LogP contribution >= 0.6 is 11.6 Å². The molecule has 1 saturated heterocycles.